The number of likely N-dealkylation sites (tertiary alicyclic amines) is 1. The first-order valence-electron chi connectivity index (χ1n) is 8.28. The van der Waals surface area contributed by atoms with E-state index in [0.29, 0.717) is 19.3 Å². The van der Waals surface area contributed by atoms with Gasteiger partial charge in [-0.1, -0.05) is 0 Å². The number of aromatic nitrogens is 2. The van der Waals surface area contributed by atoms with Gasteiger partial charge in [0, 0.05) is 31.9 Å². The lowest BCUT2D eigenvalue weighted by Crippen LogP contribution is -2.49. The van der Waals surface area contributed by atoms with Crippen molar-refractivity contribution in [1.29, 1.82) is 0 Å². The maximum atomic E-state index is 12.8. The number of imidazole rings is 1. The number of carbonyl (C=O) groups excluding carboxylic acids is 1. The molecule has 0 saturated carbocycles. The number of hydrogen-bond donors (Lipinski definition) is 0. The number of rotatable bonds is 4. The standard InChI is InChI=1S/C16H26N4O2/c1-13(2)20-12-17-10-14(20)11-19-5-3-4-15(19)16(21)18-6-8-22-9-7-18/h10,12-13,15H,3-9,11H2,1-2H3/t15-/m0/s1. The topological polar surface area (TPSA) is 50.6 Å². The van der Waals surface area contributed by atoms with Gasteiger partial charge in [0.05, 0.1) is 31.3 Å². The lowest BCUT2D eigenvalue weighted by Gasteiger charge is -2.32. The number of ether oxygens (including phenoxy) is 1. The molecule has 22 heavy (non-hydrogen) atoms. The van der Waals surface area contributed by atoms with Gasteiger partial charge in [0.1, 0.15) is 0 Å². The molecule has 2 saturated heterocycles. The smallest absolute Gasteiger partial charge is 0.240 e. The van der Waals surface area contributed by atoms with Gasteiger partial charge >= 0.3 is 0 Å². The van der Waals surface area contributed by atoms with E-state index in [1.165, 1.54) is 5.69 Å². The van der Waals surface area contributed by atoms with Crippen LogP contribution < -0.4 is 0 Å². The van der Waals surface area contributed by atoms with Crippen molar-refractivity contribution in [3.05, 3.63) is 18.2 Å². The molecule has 3 heterocycles. The molecule has 0 aromatic carbocycles. The summed E-state index contributed by atoms with van der Waals surface area (Å²) in [7, 11) is 0. The summed E-state index contributed by atoms with van der Waals surface area (Å²) < 4.78 is 7.54. The Morgan fingerprint density at radius 3 is 2.86 bits per heavy atom. The molecule has 0 N–H and O–H groups in total. The Labute approximate surface area is 132 Å². The number of carbonyl (C=O) groups is 1. The molecular weight excluding hydrogens is 280 g/mol. The lowest BCUT2D eigenvalue weighted by molar-refractivity contribution is -0.140. The zero-order valence-electron chi connectivity index (χ0n) is 13.6. The minimum Gasteiger partial charge on any atom is -0.378 e. The summed E-state index contributed by atoms with van der Waals surface area (Å²) in [4.78, 5) is 21.3. The number of morpholine rings is 1. The van der Waals surface area contributed by atoms with Gasteiger partial charge in [-0.15, -0.1) is 0 Å². The van der Waals surface area contributed by atoms with Crippen molar-refractivity contribution in [2.45, 2.75) is 45.3 Å². The predicted octanol–water partition coefficient (Wildman–Crippen LogP) is 1.29. The lowest BCUT2D eigenvalue weighted by atomic mass is 10.1. The molecular formula is C16H26N4O2. The van der Waals surface area contributed by atoms with Gasteiger partial charge in [0.15, 0.2) is 0 Å². The molecule has 1 aromatic rings. The first-order chi connectivity index (χ1) is 10.7. The van der Waals surface area contributed by atoms with E-state index in [-0.39, 0.29) is 11.9 Å². The summed E-state index contributed by atoms with van der Waals surface area (Å²) in [6.07, 6.45) is 5.87. The Morgan fingerprint density at radius 2 is 2.14 bits per heavy atom. The Morgan fingerprint density at radius 1 is 1.36 bits per heavy atom. The molecule has 2 fully saturated rings. The van der Waals surface area contributed by atoms with Crippen LogP contribution in [-0.2, 0) is 16.1 Å². The van der Waals surface area contributed by atoms with Gasteiger partial charge in [-0.25, -0.2) is 4.98 Å². The van der Waals surface area contributed by atoms with E-state index in [4.69, 9.17) is 4.74 Å². The number of amides is 1. The Bertz CT molecular complexity index is 508. The van der Waals surface area contributed by atoms with E-state index in [0.717, 1.165) is 39.0 Å². The summed E-state index contributed by atoms with van der Waals surface area (Å²) in [6.45, 7) is 8.90. The quantitative estimate of drug-likeness (QED) is 0.841. The van der Waals surface area contributed by atoms with E-state index < -0.39 is 0 Å². The second kappa shape index (κ2) is 6.79. The molecule has 1 atom stereocenters. The highest BCUT2D eigenvalue weighted by Crippen LogP contribution is 2.23. The van der Waals surface area contributed by atoms with E-state index in [1.807, 2.05) is 17.4 Å². The fourth-order valence-electron chi connectivity index (χ4n) is 3.42. The summed E-state index contributed by atoms with van der Waals surface area (Å²) in [5, 5.41) is 0. The third kappa shape index (κ3) is 3.17. The van der Waals surface area contributed by atoms with Crippen molar-refractivity contribution in [3.63, 3.8) is 0 Å². The van der Waals surface area contributed by atoms with Crippen LogP contribution in [0, 0.1) is 0 Å². The van der Waals surface area contributed by atoms with Gasteiger partial charge in [0.2, 0.25) is 5.91 Å². The second-order valence-corrected chi connectivity index (χ2v) is 6.45. The van der Waals surface area contributed by atoms with Crippen LogP contribution in [0.25, 0.3) is 0 Å². The highest BCUT2D eigenvalue weighted by molar-refractivity contribution is 5.82. The van der Waals surface area contributed by atoms with Crippen molar-refractivity contribution in [2.24, 2.45) is 0 Å². The van der Waals surface area contributed by atoms with Crippen molar-refractivity contribution in [1.82, 2.24) is 19.4 Å². The van der Waals surface area contributed by atoms with E-state index in [9.17, 15) is 4.79 Å². The van der Waals surface area contributed by atoms with Gasteiger partial charge in [-0.05, 0) is 33.2 Å². The highest BCUT2D eigenvalue weighted by Gasteiger charge is 2.34. The van der Waals surface area contributed by atoms with Gasteiger partial charge < -0.3 is 14.2 Å². The van der Waals surface area contributed by atoms with E-state index in [2.05, 4.69) is 28.3 Å². The molecule has 3 rings (SSSR count). The van der Waals surface area contributed by atoms with Crippen LogP contribution in [0.15, 0.2) is 12.5 Å². The van der Waals surface area contributed by atoms with Crippen molar-refractivity contribution < 1.29 is 9.53 Å². The van der Waals surface area contributed by atoms with Crippen LogP contribution in [-0.4, -0.2) is 64.1 Å². The molecule has 122 valence electrons. The SMILES string of the molecule is CC(C)n1cncc1CN1CCC[C@H]1C(=O)N1CCOCC1. The Hall–Kier alpha value is -1.40. The zero-order chi connectivity index (χ0) is 15.5. The van der Waals surface area contributed by atoms with E-state index in [1.54, 1.807) is 0 Å². The molecule has 6 heteroatoms. The van der Waals surface area contributed by atoms with E-state index >= 15 is 0 Å². The van der Waals surface area contributed by atoms with Crippen LogP contribution in [0.2, 0.25) is 0 Å². The monoisotopic (exact) mass is 306 g/mol. The molecule has 0 bridgehead atoms. The fraction of sp³-hybridized carbons (Fsp3) is 0.750. The summed E-state index contributed by atoms with van der Waals surface area (Å²) in [5.74, 6) is 0.274. The zero-order valence-corrected chi connectivity index (χ0v) is 13.6. The Balaban J connectivity index is 1.67. The molecule has 6 nitrogen and oxygen atoms in total. The highest BCUT2D eigenvalue weighted by atomic mass is 16.5. The molecule has 1 amide bonds. The third-order valence-corrected chi connectivity index (χ3v) is 4.64. The third-order valence-electron chi connectivity index (χ3n) is 4.64. The molecule has 0 unspecified atom stereocenters. The minimum atomic E-state index is 0.0219. The average Bonchev–Trinajstić information content (AvgIpc) is 3.17. The molecule has 0 radical (unpaired) electrons. The number of nitrogens with zero attached hydrogens (tertiary/aromatic N) is 4. The molecule has 1 aromatic heterocycles. The van der Waals surface area contributed by atoms with Gasteiger partial charge in [0.25, 0.3) is 0 Å². The number of hydrogen-bond acceptors (Lipinski definition) is 4. The Kier molecular flexibility index (Phi) is 4.78. The van der Waals surface area contributed by atoms with Gasteiger partial charge in [-0.3, -0.25) is 9.69 Å². The minimum absolute atomic E-state index is 0.0219. The second-order valence-electron chi connectivity index (χ2n) is 6.45. The first-order valence-corrected chi connectivity index (χ1v) is 8.28. The normalized spacial score (nSPS) is 23.4. The summed E-state index contributed by atoms with van der Waals surface area (Å²) in [5.41, 5.74) is 1.19. The average molecular weight is 306 g/mol. The first kappa shape index (κ1) is 15.5. The van der Waals surface area contributed by atoms with Crippen LogP contribution >= 0.6 is 0 Å². The maximum Gasteiger partial charge on any atom is 0.240 e. The van der Waals surface area contributed by atoms with Crippen LogP contribution in [0.1, 0.15) is 38.4 Å². The largest absolute Gasteiger partial charge is 0.378 e. The van der Waals surface area contributed by atoms with Crippen LogP contribution in [0.3, 0.4) is 0 Å². The maximum absolute atomic E-state index is 12.8. The van der Waals surface area contributed by atoms with Gasteiger partial charge in [-0.2, -0.15) is 0 Å². The molecule has 2 aliphatic rings. The van der Waals surface area contributed by atoms with Crippen LogP contribution in [0.5, 0.6) is 0 Å². The summed E-state index contributed by atoms with van der Waals surface area (Å²) in [6, 6.07) is 0.419. The summed E-state index contributed by atoms with van der Waals surface area (Å²) >= 11 is 0. The molecule has 0 spiro atoms. The van der Waals surface area contributed by atoms with Crippen molar-refractivity contribution in [2.75, 3.05) is 32.8 Å². The fourth-order valence-corrected chi connectivity index (χ4v) is 3.42. The van der Waals surface area contributed by atoms with Crippen molar-refractivity contribution in [3.8, 4) is 0 Å². The van der Waals surface area contributed by atoms with Crippen molar-refractivity contribution >= 4 is 5.91 Å². The predicted molar refractivity (Wildman–Crippen MR) is 83.4 cm³/mol. The van der Waals surface area contributed by atoms with Crippen LogP contribution in [0.4, 0.5) is 0 Å². The molecule has 0 aliphatic carbocycles. The molecule has 2 aliphatic heterocycles.